The van der Waals surface area contributed by atoms with Crippen LogP contribution in [-0.4, -0.2) is 59.5 Å². The second kappa shape index (κ2) is 4.58. The summed E-state index contributed by atoms with van der Waals surface area (Å²) in [5.41, 5.74) is 0. The van der Waals surface area contributed by atoms with Crippen molar-refractivity contribution in [3.05, 3.63) is 0 Å². The molecule has 6 nitrogen and oxygen atoms in total. The minimum absolute atomic E-state index is 0.0831. The van der Waals surface area contributed by atoms with E-state index < -0.39 is 5.97 Å². The predicted molar refractivity (Wildman–Crippen MR) is 46.3 cm³/mol. The van der Waals surface area contributed by atoms with Crippen LogP contribution in [0.1, 0.15) is 0 Å². The first kappa shape index (κ1) is 10.5. The lowest BCUT2D eigenvalue weighted by Gasteiger charge is -2.31. The van der Waals surface area contributed by atoms with Crippen molar-refractivity contribution in [2.45, 2.75) is 0 Å². The Morgan fingerprint density at radius 2 is 2.29 bits per heavy atom. The first-order chi connectivity index (χ1) is 6.63. The molecule has 0 spiro atoms. The summed E-state index contributed by atoms with van der Waals surface area (Å²) < 4.78 is 0. The lowest BCUT2D eigenvalue weighted by atomic mass is 10.3. The van der Waals surface area contributed by atoms with Gasteiger partial charge in [0.05, 0.1) is 19.2 Å². The fourth-order valence-electron chi connectivity index (χ4n) is 1.34. The zero-order chi connectivity index (χ0) is 10.6. The summed E-state index contributed by atoms with van der Waals surface area (Å²) in [6.45, 7) is 0.999. The molecular formula is C8H11N3O3. The minimum Gasteiger partial charge on any atom is -0.480 e. The molecule has 1 fully saturated rings. The van der Waals surface area contributed by atoms with Gasteiger partial charge in [0.25, 0.3) is 0 Å². The molecule has 1 N–H and O–H groups in total. The summed E-state index contributed by atoms with van der Waals surface area (Å²) in [6, 6.07) is 1.89. The van der Waals surface area contributed by atoms with Crippen LogP contribution in [0.3, 0.4) is 0 Å². The van der Waals surface area contributed by atoms with Crippen molar-refractivity contribution in [1.82, 2.24) is 9.80 Å². The molecule has 0 saturated carbocycles. The van der Waals surface area contributed by atoms with Gasteiger partial charge in [-0.1, -0.05) is 0 Å². The zero-order valence-corrected chi connectivity index (χ0v) is 7.64. The summed E-state index contributed by atoms with van der Waals surface area (Å²) in [5, 5.41) is 16.9. The number of hydrogen-bond acceptors (Lipinski definition) is 4. The molecule has 1 saturated heterocycles. The maximum atomic E-state index is 11.3. The van der Waals surface area contributed by atoms with Crippen molar-refractivity contribution in [3.63, 3.8) is 0 Å². The van der Waals surface area contributed by atoms with Gasteiger partial charge in [-0.2, -0.15) is 5.26 Å². The number of hydrogen-bond donors (Lipinski definition) is 1. The van der Waals surface area contributed by atoms with E-state index in [1.54, 1.807) is 4.90 Å². The smallest absolute Gasteiger partial charge is 0.317 e. The highest BCUT2D eigenvalue weighted by atomic mass is 16.4. The highest BCUT2D eigenvalue weighted by molar-refractivity contribution is 5.80. The van der Waals surface area contributed by atoms with Gasteiger partial charge in [0.1, 0.15) is 6.54 Å². The minimum atomic E-state index is -0.938. The molecule has 0 aliphatic carbocycles. The first-order valence-electron chi connectivity index (χ1n) is 4.22. The molecule has 14 heavy (non-hydrogen) atoms. The molecule has 0 atom stereocenters. The molecule has 1 amide bonds. The number of carboxylic acids is 1. The van der Waals surface area contributed by atoms with Crippen LogP contribution in [0.4, 0.5) is 0 Å². The number of aliphatic carboxylic acids is 1. The third-order valence-electron chi connectivity index (χ3n) is 2.02. The molecule has 0 radical (unpaired) electrons. The van der Waals surface area contributed by atoms with Gasteiger partial charge in [-0.05, 0) is 0 Å². The van der Waals surface area contributed by atoms with Gasteiger partial charge >= 0.3 is 5.97 Å². The van der Waals surface area contributed by atoms with Gasteiger partial charge < -0.3 is 10.0 Å². The number of piperazine rings is 1. The second-order valence-corrected chi connectivity index (χ2v) is 3.08. The van der Waals surface area contributed by atoms with E-state index in [1.807, 2.05) is 6.07 Å². The SMILES string of the molecule is N#CCN1CCN(CC(=O)O)CC1=O. The van der Waals surface area contributed by atoms with Crippen molar-refractivity contribution in [2.24, 2.45) is 0 Å². The van der Waals surface area contributed by atoms with Crippen LogP contribution < -0.4 is 0 Å². The Labute approximate surface area is 81.3 Å². The summed E-state index contributed by atoms with van der Waals surface area (Å²) in [6.07, 6.45) is 0. The monoisotopic (exact) mass is 197 g/mol. The molecule has 0 aromatic heterocycles. The van der Waals surface area contributed by atoms with E-state index >= 15 is 0 Å². The molecule has 6 heteroatoms. The number of rotatable bonds is 3. The van der Waals surface area contributed by atoms with Crippen LogP contribution in [0.2, 0.25) is 0 Å². The van der Waals surface area contributed by atoms with Gasteiger partial charge in [-0.3, -0.25) is 14.5 Å². The quantitative estimate of drug-likeness (QED) is 0.571. The highest BCUT2D eigenvalue weighted by Gasteiger charge is 2.24. The molecule has 1 rings (SSSR count). The van der Waals surface area contributed by atoms with Crippen molar-refractivity contribution >= 4 is 11.9 Å². The lowest BCUT2D eigenvalue weighted by molar-refractivity contribution is -0.141. The van der Waals surface area contributed by atoms with Gasteiger partial charge in [0, 0.05) is 13.1 Å². The Kier molecular flexibility index (Phi) is 3.42. The number of carbonyl (C=O) groups excluding carboxylic acids is 1. The molecule has 0 bridgehead atoms. The van der Waals surface area contributed by atoms with Crippen LogP contribution in [0.25, 0.3) is 0 Å². The highest BCUT2D eigenvalue weighted by Crippen LogP contribution is 2.01. The van der Waals surface area contributed by atoms with E-state index in [4.69, 9.17) is 10.4 Å². The van der Waals surface area contributed by atoms with E-state index in [0.29, 0.717) is 13.1 Å². The third kappa shape index (κ3) is 2.71. The summed E-state index contributed by atoms with van der Waals surface area (Å²) in [4.78, 5) is 24.7. The first-order valence-corrected chi connectivity index (χ1v) is 4.22. The van der Waals surface area contributed by atoms with E-state index in [2.05, 4.69) is 0 Å². The fourth-order valence-corrected chi connectivity index (χ4v) is 1.34. The Balaban J connectivity index is 2.43. The molecule has 0 aromatic rings. The summed E-state index contributed by atoms with van der Waals surface area (Å²) in [5.74, 6) is -1.12. The van der Waals surface area contributed by atoms with Crippen LogP contribution in [0, 0.1) is 11.3 Å². The number of carbonyl (C=O) groups is 2. The third-order valence-corrected chi connectivity index (χ3v) is 2.02. The number of nitrogens with zero attached hydrogens (tertiary/aromatic N) is 3. The van der Waals surface area contributed by atoms with Crippen LogP contribution >= 0.6 is 0 Å². The van der Waals surface area contributed by atoms with Crippen molar-refractivity contribution < 1.29 is 14.7 Å². The van der Waals surface area contributed by atoms with E-state index in [1.165, 1.54) is 4.90 Å². The summed E-state index contributed by atoms with van der Waals surface area (Å²) in [7, 11) is 0. The standard InChI is InChI=1S/C8H11N3O3/c9-1-2-11-4-3-10(5-7(11)12)6-8(13)14/h2-6H2,(H,13,14). The van der Waals surface area contributed by atoms with Crippen LogP contribution in [0.5, 0.6) is 0 Å². The van der Waals surface area contributed by atoms with Crippen molar-refractivity contribution in [3.8, 4) is 6.07 Å². The normalized spacial score (nSPS) is 17.9. The molecule has 0 aromatic carbocycles. The Morgan fingerprint density at radius 3 is 2.79 bits per heavy atom. The molecule has 0 unspecified atom stereocenters. The van der Waals surface area contributed by atoms with E-state index in [-0.39, 0.29) is 25.5 Å². The molecule has 1 aliphatic rings. The Morgan fingerprint density at radius 1 is 1.57 bits per heavy atom. The molecule has 1 aliphatic heterocycles. The van der Waals surface area contributed by atoms with Gasteiger partial charge in [-0.15, -0.1) is 0 Å². The largest absolute Gasteiger partial charge is 0.480 e. The topological polar surface area (TPSA) is 84.6 Å². The van der Waals surface area contributed by atoms with E-state index in [9.17, 15) is 9.59 Å². The van der Waals surface area contributed by atoms with Crippen molar-refractivity contribution in [2.75, 3.05) is 32.7 Å². The zero-order valence-electron chi connectivity index (χ0n) is 7.64. The molecule has 1 heterocycles. The number of amides is 1. The van der Waals surface area contributed by atoms with Crippen molar-refractivity contribution in [1.29, 1.82) is 5.26 Å². The average molecular weight is 197 g/mol. The van der Waals surface area contributed by atoms with Gasteiger partial charge in [0.2, 0.25) is 5.91 Å². The van der Waals surface area contributed by atoms with Gasteiger partial charge in [0.15, 0.2) is 0 Å². The Hall–Kier alpha value is -1.61. The van der Waals surface area contributed by atoms with Gasteiger partial charge in [-0.25, -0.2) is 0 Å². The fraction of sp³-hybridized carbons (Fsp3) is 0.625. The number of nitriles is 1. The van der Waals surface area contributed by atoms with E-state index in [0.717, 1.165) is 0 Å². The van der Waals surface area contributed by atoms with Crippen LogP contribution in [0.15, 0.2) is 0 Å². The molecule has 76 valence electrons. The second-order valence-electron chi connectivity index (χ2n) is 3.08. The molecular weight excluding hydrogens is 186 g/mol. The number of carboxylic acid groups (broad SMARTS) is 1. The predicted octanol–water partition coefficient (Wildman–Crippen LogP) is -1.26. The maximum Gasteiger partial charge on any atom is 0.317 e. The Bertz CT molecular complexity index is 284. The van der Waals surface area contributed by atoms with Crippen LogP contribution in [-0.2, 0) is 9.59 Å². The maximum absolute atomic E-state index is 11.3. The summed E-state index contributed by atoms with van der Waals surface area (Å²) >= 11 is 0. The lowest BCUT2D eigenvalue weighted by Crippen LogP contribution is -2.51. The average Bonchev–Trinajstić information content (AvgIpc) is 2.09.